The number of aromatic hydroxyl groups is 1. The fourth-order valence-electron chi connectivity index (χ4n) is 2.18. The van der Waals surface area contributed by atoms with Gasteiger partial charge >= 0.3 is 0 Å². The van der Waals surface area contributed by atoms with Crippen LogP contribution in [0.5, 0.6) is 28.7 Å². The number of phenolic OH excluding ortho intramolecular Hbond substituents is 1. The van der Waals surface area contributed by atoms with Crippen LogP contribution in [0.15, 0.2) is 30.3 Å². The number of hydrogen-bond acceptors (Lipinski definition) is 5. The molecule has 0 atom stereocenters. The molecule has 112 valence electrons. The molecule has 0 saturated heterocycles. The molecule has 0 spiro atoms. The third kappa shape index (κ3) is 2.67. The number of benzene rings is 2. The molecule has 2 aromatic rings. The van der Waals surface area contributed by atoms with Crippen LogP contribution in [0.4, 0.5) is 0 Å². The zero-order chi connectivity index (χ0) is 15.4. The van der Waals surface area contributed by atoms with Crippen molar-refractivity contribution in [1.29, 1.82) is 0 Å². The van der Waals surface area contributed by atoms with Gasteiger partial charge in [0.05, 0.1) is 34.0 Å². The van der Waals surface area contributed by atoms with E-state index in [1.165, 1.54) is 27.4 Å². The Morgan fingerprint density at radius 2 is 1.38 bits per heavy atom. The van der Waals surface area contributed by atoms with Gasteiger partial charge in [0.2, 0.25) is 5.75 Å². The lowest BCUT2D eigenvalue weighted by atomic mass is 10.0. The standard InChI is InChI=1S/C16H18O5/c1-18-11-7-5-10(6-8-11)14-12(17)9-13(19-2)15(20-3)16(14)21-4/h5-9,17H,1-4H3. The minimum atomic E-state index is 0.0506. The molecule has 0 heterocycles. The Hall–Kier alpha value is -2.56. The van der Waals surface area contributed by atoms with Gasteiger partial charge in [-0.05, 0) is 17.7 Å². The molecule has 5 nitrogen and oxygen atoms in total. The number of ether oxygens (including phenoxy) is 4. The summed E-state index contributed by atoms with van der Waals surface area (Å²) in [5.41, 5.74) is 1.32. The lowest BCUT2D eigenvalue weighted by molar-refractivity contribution is 0.321. The first-order valence-corrected chi connectivity index (χ1v) is 6.32. The van der Waals surface area contributed by atoms with Crippen molar-refractivity contribution in [2.75, 3.05) is 28.4 Å². The highest BCUT2D eigenvalue weighted by molar-refractivity contribution is 5.82. The van der Waals surface area contributed by atoms with Crippen LogP contribution >= 0.6 is 0 Å². The first-order valence-electron chi connectivity index (χ1n) is 6.32. The highest BCUT2D eigenvalue weighted by Gasteiger charge is 2.21. The van der Waals surface area contributed by atoms with Crippen molar-refractivity contribution in [1.82, 2.24) is 0 Å². The van der Waals surface area contributed by atoms with Crippen molar-refractivity contribution < 1.29 is 24.1 Å². The molecule has 0 aliphatic carbocycles. The van der Waals surface area contributed by atoms with Gasteiger partial charge in [-0.25, -0.2) is 0 Å². The third-order valence-electron chi connectivity index (χ3n) is 3.19. The zero-order valence-corrected chi connectivity index (χ0v) is 12.5. The maximum atomic E-state index is 10.3. The van der Waals surface area contributed by atoms with Gasteiger partial charge in [0, 0.05) is 6.07 Å². The van der Waals surface area contributed by atoms with Crippen LogP contribution in [0.3, 0.4) is 0 Å². The normalized spacial score (nSPS) is 10.1. The van der Waals surface area contributed by atoms with Crippen LogP contribution in [0, 0.1) is 0 Å². The van der Waals surface area contributed by atoms with Gasteiger partial charge in [-0.1, -0.05) is 12.1 Å². The van der Waals surface area contributed by atoms with Gasteiger partial charge in [0.1, 0.15) is 11.5 Å². The molecule has 0 bridgehead atoms. The van der Waals surface area contributed by atoms with E-state index in [0.717, 1.165) is 11.3 Å². The van der Waals surface area contributed by atoms with E-state index in [1.54, 1.807) is 7.11 Å². The largest absolute Gasteiger partial charge is 0.507 e. The summed E-state index contributed by atoms with van der Waals surface area (Å²) in [5.74, 6) is 2.04. The minimum absolute atomic E-state index is 0.0506. The van der Waals surface area contributed by atoms with E-state index < -0.39 is 0 Å². The Balaban J connectivity index is 2.66. The minimum Gasteiger partial charge on any atom is -0.507 e. The Bertz CT molecular complexity index is 620. The summed E-state index contributed by atoms with van der Waals surface area (Å²) in [6, 6.07) is 8.79. The molecule has 2 rings (SSSR count). The van der Waals surface area contributed by atoms with Crippen LogP contribution in [0.2, 0.25) is 0 Å². The Morgan fingerprint density at radius 1 is 0.762 bits per heavy atom. The zero-order valence-electron chi connectivity index (χ0n) is 12.5. The summed E-state index contributed by atoms with van der Waals surface area (Å²) in [5, 5.41) is 10.3. The molecule has 0 aliphatic heterocycles. The smallest absolute Gasteiger partial charge is 0.204 e. The molecule has 0 aliphatic rings. The van der Waals surface area contributed by atoms with Crippen LogP contribution in [-0.2, 0) is 0 Å². The van der Waals surface area contributed by atoms with E-state index in [1.807, 2.05) is 24.3 Å². The maximum absolute atomic E-state index is 10.3. The van der Waals surface area contributed by atoms with E-state index in [4.69, 9.17) is 18.9 Å². The number of methoxy groups -OCH3 is 4. The van der Waals surface area contributed by atoms with Crippen molar-refractivity contribution >= 4 is 0 Å². The van der Waals surface area contributed by atoms with Crippen molar-refractivity contribution in [3.8, 4) is 39.9 Å². The molecule has 1 N–H and O–H groups in total. The first-order chi connectivity index (χ1) is 10.2. The van der Waals surface area contributed by atoms with Crippen molar-refractivity contribution in [2.24, 2.45) is 0 Å². The van der Waals surface area contributed by atoms with Crippen LogP contribution < -0.4 is 18.9 Å². The van der Waals surface area contributed by atoms with Gasteiger partial charge in [-0.15, -0.1) is 0 Å². The molecule has 0 saturated carbocycles. The Morgan fingerprint density at radius 3 is 1.86 bits per heavy atom. The average molecular weight is 290 g/mol. The summed E-state index contributed by atoms with van der Waals surface area (Å²) in [6.45, 7) is 0. The molecule has 0 amide bonds. The highest BCUT2D eigenvalue weighted by Crippen LogP contribution is 2.49. The molecule has 0 unspecified atom stereocenters. The van der Waals surface area contributed by atoms with Gasteiger partial charge in [-0.3, -0.25) is 0 Å². The van der Waals surface area contributed by atoms with E-state index in [2.05, 4.69) is 0 Å². The quantitative estimate of drug-likeness (QED) is 0.917. The fourth-order valence-corrected chi connectivity index (χ4v) is 2.18. The Labute approximate surface area is 123 Å². The van der Waals surface area contributed by atoms with Crippen LogP contribution in [0.1, 0.15) is 0 Å². The summed E-state index contributed by atoms with van der Waals surface area (Å²) >= 11 is 0. The van der Waals surface area contributed by atoms with Crippen molar-refractivity contribution in [3.63, 3.8) is 0 Å². The van der Waals surface area contributed by atoms with E-state index in [9.17, 15) is 5.11 Å². The van der Waals surface area contributed by atoms with Crippen molar-refractivity contribution in [2.45, 2.75) is 0 Å². The lowest BCUT2D eigenvalue weighted by Gasteiger charge is -2.17. The average Bonchev–Trinajstić information content (AvgIpc) is 2.53. The number of phenols is 1. The number of rotatable bonds is 5. The van der Waals surface area contributed by atoms with Gasteiger partial charge in [0.15, 0.2) is 11.5 Å². The molecule has 5 heteroatoms. The van der Waals surface area contributed by atoms with Crippen molar-refractivity contribution in [3.05, 3.63) is 30.3 Å². The van der Waals surface area contributed by atoms with Gasteiger partial charge < -0.3 is 24.1 Å². The molecule has 0 aromatic heterocycles. The molecule has 0 fully saturated rings. The van der Waals surface area contributed by atoms with Gasteiger partial charge in [-0.2, -0.15) is 0 Å². The molecular weight excluding hydrogens is 272 g/mol. The predicted octanol–water partition coefficient (Wildman–Crippen LogP) is 3.09. The van der Waals surface area contributed by atoms with Crippen LogP contribution in [-0.4, -0.2) is 33.5 Å². The predicted molar refractivity (Wildman–Crippen MR) is 79.8 cm³/mol. The monoisotopic (exact) mass is 290 g/mol. The SMILES string of the molecule is COc1ccc(-c2c(O)cc(OC)c(OC)c2OC)cc1. The molecule has 21 heavy (non-hydrogen) atoms. The highest BCUT2D eigenvalue weighted by atomic mass is 16.5. The molecule has 2 aromatic carbocycles. The molecular formula is C16H18O5. The second-order valence-corrected chi connectivity index (χ2v) is 4.27. The number of hydrogen-bond donors (Lipinski definition) is 1. The summed E-state index contributed by atoms with van der Waals surface area (Å²) in [4.78, 5) is 0. The third-order valence-corrected chi connectivity index (χ3v) is 3.19. The fraction of sp³-hybridized carbons (Fsp3) is 0.250. The summed E-state index contributed by atoms with van der Waals surface area (Å²) in [7, 11) is 6.15. The summed E-state index contributed by atoms with van der Waals surface area (Å²) in [6.07, 6.45) is 0. The maximum Gasteiger partial charge on any atom is 0.204 e. The van der Waals surface area contributed by atoms with Gasteiger partial charge in [0.25, 0.3) is 0 Å². The Kier molecular flexibility index (Phi) is 4.42. The summed E-state index contributed by atoms with van der Waals surface area (Å²) < 4.78 is 21.1. The second-order valence-electron chi connectivity index (χ2n) is 4.27. The molecule has 0 radical (unpaired) electrons. The van der Waals surface area contributed by atoms with E-state index >= 15 is 0 Å². The first kappa shape index (κ1) is 14.8. The topological polar surface area (TPSA) is 57.2 Å². The van der Waals surface area contributed by atoms with E-state index in [-0.39, 0.29) is 5.75 Å². The second kappa shape index (κ2) is 6.26. The van der Waals surface area contributed by atoms with Crippen LogP contribution in [0.25, 0.3) is 11.1 Å². The lowest BCUT2D eigenvalue weighted by Crippen LogP contribution is -1.97. The van der Waals surface area contributed by atoms with E-state index in [0.29, 0.717) is 22.8 Å².